The van der Waals surface area contributed by atoms with E-state index < -0.39 is 0 Å². The van der Waals surface area contributed by atoms with E-state index in [0.717, 1.165) is 42.7 Å². The van der Waals surface area contributed by atoms with E-state index in [1.807, 2.05) is 12.1 Å². The molecule has 5 nitrogen and oxygen atoms in total. The molecule has 1 aromatic heterocycles. The quantitative estimate of drug-likeness (QED) is 0.935. The second kappa shape index (κ2) is 6.31. The first kappa shape index (κ1) is 15.8. The molecule has 0 radical (unpaired) electrons. The van der Waals surface area contributed by atoms with E-state index in [9.17, 15) is 9.59 Å². The SMILES string of the molecule is COc1cccc2c1CC(NC(=O)c1cnc3c(c1)C(=O)CCC3)C2. The van der Waals surface area contributed by atoms with Crippen molar-refractivity contribution >= 4 is 11.7 Å². The summed E-state index contributed by atoms with van der Waals surface area (Å²) in [5.41, 5.74) is 4.25. The number of benzene rings is 1. The fourth-order valence-electron chi connectivity index (χ4n) is 3.79. The van der Waals surface area contributed by atoms with Gasteiger partial charge in [-0.3, -0.25) is 14.6 Å². The molecule has 2 aliphatic rings. The maximum Gasteiger partial charge on any atom is 0.253 e. The maximum atomic E-state index is 12.6. The third-order valence-electron chi connectivity index (χ3n) is 5.05. The summed E-state index contributed by atoms with van der Waals surface area (Å²) in [6.07, 6.45) is 5.30. The summed E-state index contributed by atoms with van der Waals surface area (Å²) in [5.74, 6) is 0.780. The van der Waals surface area contributed by atoms with Crippen molar-refractivity contribution in [1.29, 1.82) is 0 Å². The normalized spacial score (nSPS) is 18.4. The van der Waals surface area contributed by atoms with Gasteiger partial charge in [0.25, 0.3) is 5.91 Å². The lowest BCUT2D eigenvalue weighted by Crippen LogP contribution is -2.35. The van der Waals surface area contributed by atoms with Crippen LogP contribution in [0.25, 0.3) is 0 Å². The van der Waals surface area contributed by atoms with Crippen LogP contribution >= 0.6 is 0 Å². The first-order chi connectivity index (χ1) is 12.2. The van der Waals surface area contributed by atoms with Gasteiger partial charge in [0.15, 0.2) is 5.78 Å². The molecule has 1 N–H and O–H groups in total. The molecule has 5 heteroatoms. The largest absolute Gasteiger partial charge is 0.496 e. The topological polar surface area (TPSA) is 68.3 Å². The Bertz CT molecular complexity index is 860. The summed E-state index contributed by atoms with van der Waals surface area (Å²) >= 11 is 0. The van der Waals surface area contributed by atoms with Crippen LogP contribution in [0.1, 0.15) is 50.4 Å². The molecular weight excluding hydrogens is 316 g/mol. The second-order valence-electron chi connectivity index (χ2n) is 6.67. The number of hydrogen-bond donors (Lipinski definition) is 1. The molecule has 0 bridgehead atoms. The standard InChI is InChI=1S/C20H20N2O3/c1-25-19-7-2-4-12-8-14(10-15(12)19)22-20(24)13-9-16-17(21-11-13)5-3-6-18(16)23/h2,4,7,9,11,14H,3,5-6,8,10H2,1H3,(H,22,24). The summed E-state index contributed by atoms with van der Waals surface area (Å²) in [5, 5.41) is 3.07. The zero-order chi connectivity index (χ0) is 17.4. The Morgan fingerprint density at radius 1 is 1.28 bits per heavy atom. The lowest BCUT2D eigenvalue weighted by Gasteiger charge is -2.16. The fourth-order valence-corrected chi connectivity index (χ4v) is 3.79. The highest BCUT2D eigenvalue weighted by atomic mass is 16.5. The number of rotatable bonds is 3. The Balaban J connectivity index is 1.50. The number of amides is 1. The molecular formula is C20H20N2O3. The minimum absolute atomic E-state index is 0.0329. The third kappa shape index (κ3) is 2.90. The number of nitrogens with zero attached hydrogens (tertiary/aromatic N) is 1. The minimum Gasteiger partial charge on any atom is -0.496 e. The van der Waals surface area contributed by atoms with Gasteiger partial charge in [0.2, 0.25) is 0 Å². The number of fused-ring (bicyclic) bond motifs is 2. The van der Waals surface area contributed by atoms with E-state index >= 15 is 0 Å². The first-order valence-corrected chi connectivity index (χ1v) is 8.63. The van der Waals surface area contributed by atoms with Crippen LogP contribution in [0.4, 0.5) is 0 Å². The van der Waals surface area contributed by atoms with Crippen LogP contribution in [0.5, 0.6) is 5.75 Å². The van der Waals surface area contributed by atoms with Crippen LogP contribution in [-0.2, 0) is 19.3 Å². The van der Waals surface area contributed by atoms with Gasteiger partial charge in [0.05, 0.1) is 18.4 Å². The van der Waals surface area contributed by atoms with Crippen LogP contribution in [0, 0.1) is 0 Å². The molecule has 1 amide bonds. The fraction of sp³-hybridized carbons (Fsp3) is 0.350. The van der Waals surface area contributed by atoms with Gasteiger partial charge in [-0.15, -0.1) is 0 Å². The molecule has 1 atom stereocenters. The van der Waals surface area contributed by atoms with Crippen molar-refractivity contribution in [3.05, 3.63) is 58.4 Å². The molecule has 0 aliphatic heterocycles. The number of ether oxygens (including phenoxy) is 1. The number of carbonyl (C=O) groups excluding carboxylic acids is 2. The van der Waals surface area contributed by atoms with Gasteiger partial charge in [-0.1, -0.05) is 12.1 Å². The van der Waals surface area contributed by atoms with Crippen LogP contribution in [0.2, 0.25) is 0 Å². The summed E-state index contributed by atoms with van der Waals surface area (Å²) < 4.78 is 5.41. The van der Waals surface area contributed by atoms with Crippen LogP contribution in [-0.4, -0.2) is 29.8 Å². The number of aromatic nitrogens is 1. The van der Waals surface area contributed by atoms with Crippen molar-refractivity contribution in [2.75, 3.05) is 7.11 Å². The van der Waals surface area contributed by atoms with Gasteiger partial charge in [-0.25, -0.2) is 0 Å². The molecule has 0 saturated heterocycles. The highest BCUT2D eigenvalue weighted by Gasteiger charge is 2.27. The highest BCUT2D eigenvalue weighted by molar-refractivity contribution is 6.01. The second-order valence-corrected chi connectivity index (χ2v) is 6.67. The van der Waals surface area contributed by atoms with Crippen LogP contribution in [0.3, 0.4) is 0 Å². The van der Waals surface area contributed by atoms with Crippen molar-refractivity contribution in [2.45, 2.75) is 38.1 Å². The van der Waals surface area contributed by atoms with E-state index in [4.69, 9.17) is 4.74 Å². The van der Waals surface area contributed by atoms with E-state index in [2.05, 4.69) is 16.4 Å². The van der Waals surface area contributed by atoms with Crippen LogP contribution in [0.15, 0.2) is 30.5 Å². The number of carbonyl (C=O) groups is 2. The third-order valence-corrected chi connectivity index (χ3v) is 5.05. The Hall–Kier alpha value is -2.69. The van der Waals surface area contributed by atoms with Gasteiger partial charge >= 0.3 is 0 Å². The van der Waals surface area contributed by atoms with Gasteiger partial charge in [0.1, 0.15) is 5.75 Å². The number of Topliss-reactive ketones (excluding diaryl/α,β-unsaturated/α-hetero) is 1. The lowest BCUT2D eigenvalue weighted by molar-refractivity contribution is 0.0938. The molecule has 0 fully saturated rings. The number of aryl methyl sites for hydroxylation is 1. The molecule has 1 heterocycles. The zero-order valence-corrected chi connectivity index (χ0v) is 14.2. The number of hydrogen-bond acceptors (Lipinski definition) is 4. The lowest BCUT2D eigenvalue weighted by atomic mass is 9.94. The Morgan fingerprint density at radius 3 is 3.00 bits per heavy atom. The Labute approximate surface area is 146 Å². The number of pyridine rings is 1. The molecule has 2 aliphatic carbocycles. The van der Waals surface area contributed by atoms with E-state index in [1.54, 1.807) is 19.4 Å². The summed E-state index contributed by atoms with van der Waals surface area (Å²) in [4.78, 5) is 29.0. The van der Waals surface area contributed by atoms with Crippen molar-refractivity contribution < 1.29 is 14.3 Å². The predicted molar refractivity (Wildman–Crippen MR) is 93.2 cm³/mol. The van der Waals surface area contributed by atoms with Crippen molar-refractivity contribution in [2.24, 2.45) is 0 Å². The molecule has 1 aromatic carbocycles. The zero-order valence-electron chi connectivity index (χ0n) is 14.2. The molecule has 0 spiro atoms. The highest BCUT2D eigenvalue weighted by Crippen LogP contribution is 2.30. The summed E-state index contributed by atoms with van der Waals surface area (Å²) in [6, 6.07) is 7.72. The number of nitrogens with one attached hydrogen (secondary N) is 1. The summed E-state index contributed by atoms with van der Waals surface area (Å²) in [6.45, 7) is 0. The number of ketones is 1. The smallest absolute Gasteiger partial charge is 0.253 e. The molecule has 128 valence electrons. The van der Waals surface area contributed by atoms with Gasteiger partial charge in [-0.05, 0) is 48.9 Å². The minimum atomic E-state index is -0.176. The van der Waals surface area contributed by atoms with Gasteiger partial charge in [-0.2, -0.15) is 0 Å². The average molecular weight is 336 g/mol. The van der Waals surface area contributed by atoms with Crippen molar-refractivity contribution in [3.63, 3.8) is 0 Å². The summed E-state index contributed by atoms with van der Waals surface area (Å²) in [7, 11) is 1.66. The first-order valence-electron chi connectivity index (χ1n) is 8.63. The predicted octanol–water partition coefficient (Wildman–Crippen LogP) is 2.51. The molecule has 0 saturated carbocycles. The molecule has 4 rings (SSSR count). The van der Waals surface area contributed by atoms with Crippen LogP contribution < -0.4 is 10.1 Å². The van der Waals surface area contributed by atoms with Gasteiger partial charge < -0.3 is 10.1 Å². The Morgan fingerprint density at radius 2 is 2.16 bits per heavy atom. The van der Waals surface area contributed by atoms with Gasteiger partial charge in [0, 0.05) is 24.2 Å². The average Bonchev–Trinajstić information content (AvgIpc) is 3.04. The van der Waals surface area contributed by atoms with Crippen molar-refractivity contribution in [3.8, 4) is 5.75 Å². The maximum absolute atomic E-state index is 12.6. The molecule has 1 unspecified atom stereocenters. The number of methoxy groups -OCH3 is 1. The van der Waals surface area contributed by atoms with Crippen molar-refractivity contribution in [1.82, 2.24) is 10.3 Å². The van der Waals surface area contributed by atoms with E-state index in [1.165, 1.54) is 5.56 Å². The molecule has 2 aromatic rings. The monoisotopic (exact) mass is 336 g/mol. The Kier molecular flexibility index (Phi) is 3.99. The van der Waals surface area contributed by atoms with E-state index in [-0.39, 0.29) is 17.7 Å². The molecule has 25 heavy (non-hydrogen) atoms. The van der Waals surface area contributed by atoms with E-state index in [0.29, 0.717) is 17.5 Å².